The van der Waals surface area contributed by atoms with E-state index in [2.05, 4.69) is 5.32 Å². The zero-order valence-electron chi connectivity index (χ0n) is 21.2. The van der Waals surface area contributed by atoms with E-state index >= 15 is 0 Å². The number of hydrogen-bond donors (Lipinski definition) is 2. The Labute approximate surface area is 223 Å². The average molecular weight is 551 g/mol. The second-order valence-electron chi connectivity index (χ2n) is 9.00. The molecule has 0 spiro atoms. The number of carbonyl (C=O) groups excluding carboxylic acids is 1. The number of rotatable bonds is 8. The summed E-state index contributed by atoms with van der Waals surface area (Å²) in [5.41, 5.74) is 0.142. The van der Waals surface area contributed by atoms with Gasteiger partial charge in [-0.25, -0.2) is 9.18 Å². The number of likely N-dealkylation sites (N-methyl/N-ethyl adjacent to an activating group) is 1. The molecule has 38 heavy (non-hydrogen) atoms. The quantitative estimate of drug-likeness (QED) is 0.284. The maximum absolute atomic E-state index is 14.8. The maximum atomic E-state index is 14.8. The second-order valence-corrected chi connectivity index (χ2v) is 9.40. The highest BCUT2D eigenvalue weighted by Gasteiger charge is 2.37. The maximum Gasteiger partial charge on any atom is 0.417 e. The number of hydrogen-bond acceptors (Lipinski definition) is 3. The first-order chi connectivity index (χ1) is 17.7. The minimum absolute atomic E-state index is 0.0839. The molecule has 0 saturated heterocycles. The van der Waals surface area contributed by atoms with Gasteiger partial charge in [-0.2, -0.15) is 13.2 Å². The summed E-state index contributed by atoms with van der Waals surface area (Å²) in [6.07, 6.45) is -4.27. The standard InChI is InChI=1S/C28H27ClF4N2O3/c1-5-25(18-7-10-23(29)15(2)12-18)34-19-8-11-24(30)21(14-19)17-6-9-20(22(13-17)28(31,32)33)26(36)35(4)16(3)27(37)38/h6-14,16,25,34H,5H2,1-4H3,(H,37,38). The van der Waals surface area contributed by atoms with Crippen LogP contribution in [0, 0.1) is 12.7 Å². The Hall–Kier alpha value is -3.59. The van der Waals surface area contributed by atoms with Crippen molar-refractivity contribution in [2.45, 2.75) is 45.5 Å². The first kappa shape index (κ1) is 29.0. The van der Waals surface area contributed by atoms with Crippen LogP contribution in [-0.4, -0.2) is 35.0 Å². The van der Waals surface area contributed by atoms with E-state index in [1.807, 2.05) is 26.0 Å². The van der Waals surface area contributed by atoms with Gasteiger partial charge < -0.3 is 15.3 Å². The van der Waals surface area contributed by atoms with Crippen LogP contribution in [0.1, 0.15) is 53.4 Å². The summed E-state index contributed by atoms with van der Waals surface area (Å²) in [6, 6.07) is 11.0. The average Bonchev–Trinajstić information content (AvgIpc) is 2.87. The summed E-state index contributed by atoms with van der Waals surface area (Å²) < 4.78 is 56.8. The van der Waals surface area contributed by atoms with Gasteiger partial charge in [0.25, 0.3) is 5.91 Å². The third-order valence-corrected chi connectivity index (χ3v) is 6.85. The van der Waals surface area contributed by atoms with Gasteiger partial charge in [-0.05, 0) is 73.4 Å². The van der Waals surface area contributed by atoms with Gasteiger partial charge in [0.15, 0.2) is 0 Å². The molecule has 2 N–H and O–H groups in total. The van der Waals surface area contributed by atoms with Gasteiger partial charge in [-0.3, -0.25) is 4.79 Å². The van der Waals surface area contributed by atoms with E-state index in [1.54, 1.807) is 6.07 Å². The number of alkyl halides is 3. The van der Waals surface area contributed by atoms with Crippen molar-refractivity contribution in [3.63, 3.8) is 0 Å². The molecular weight excluding hydrogens is 524 g/mol. The molecule has 0 aliphatic carbocycles. The number of nitrogens with one attached hydrogen (secondary N) is 1. The van der Waals surface area contributed by atoms with Crippen LogP contribution in [0.15, 0.2) is 54.6 Å². The lowest BCUT2D eigenvalue weighted by molar-refractivity contribution is -0.141. The number of aliphatic carboxylic acids is 1. The van der Waals surface area contributed by atoms with Crippen molar-refractivity contribution in [2.75, 3.05) is 12.4 Å². The zero-order chi connectivity index (χ0) is 28.4. The molecule has 5 nitrogen and oxygen atoms in total. The summed E-state index contributed by atoms with van der Waals surface area (Å²) in [6.45, 7) is 5.02. The number of anilines is 1. The molecule has 202 valence electrons. The third-order valence-electron chi connectivity index (χ3n) is 6.42. The van der Waals surface area contributed by atoms with Gasteiger partial charge in [-0.15, -0.1) is 0 Å². The second kappa shape index (κ2) is 11.4. The van der Waals surface area contributed by atoms with Crippen LogP contribution in [0.4, 0.5) is 23.2 Å². The highest BCUT2D eigenvalue weighted by molar-refractivity contribution is 6.31. The lowest BCUT2D eigenvalue weighted by atomic mass is 9.96. The predicted octanol–water partition coefficient (Wildman–Crippen LogP) is 7.58. The number of carboxylic acids is 1. The van der Waals surface area contributed by atoms with Crippen molar-refractivity contribution in [1.29, 1.82) is 0 Å². The van der Waals surface area contributed by atoms with Crippen molar-refractivity contribution < 1.29 is 32.3 Å². The van der Waals surface area contributed by atoms with Gasteiger partial charge in [0.2, 0.25) is 0 Å². The molecule has 1 amide bonds. The van der Waals surface area contributed by atoms with Crippen molar-refractivity contribution in [1.82, 2.24) is 4.90 Å². The monoisotopic (exact) mass is 550 g/mol. The number of aryl methyl sites for hydroxylation is 1. The molecule has 0 saturated carbocycles. The Kier molecular flexibility index (Phi) is 8.72. The van der Waals surface area contributed by atoms with Gasteiger partial charge in [-0.1, -0.05) is 36.7 Å². The number of carbonyl (C=O) groups is 2. The van der Waals surface area contributed by atoms with E-state index in [9.17, 15) is 27.2 Å². The van der Waals surface area contributed by atoms with Gasteiger partial charge in [0.1, 0.15) is 11.9 Å². The van der Waals surface area contributed by atoms with E-state index in [0.29, 0.717) is 28.1 Å². The van der Waals surface area contributed by atoms with Crippen molar-refractivity contribution in [3.8, 4) is 11.1 Å². The first-order valence-electron chi connectivity index (χ1n) is 11.8. The van der Waals surface area contributed by atoms with Crippen LogP contribution in [0.25, 0.3) is 11.1 Å². The third kappa shape index (κ3) is 6.27. The molecule has 2 atom stereocenters. The minimum Gasteiger partial charge on any atom is -0.480 e. The molecule has 3 aromatic carbocycles. The fourth-order valence-corrected chi connectivity index (χ4v) is 4.13. The molecule has 10 heteroatoms. The van der Waals surface area contributed by atoms with E-state index in [4.69, 9.17) is 16.7 Å². The van der Waals surface area contributed by atoms with Crippen LogP contribution >= 0.6 is 11.6 Å². The number of carboxylic acid groups (broad SMARTS) is 1. The Bertz CT molecular complexity index is 1360. The minimum atomic E-state index is -4.94. The number of nitrogens with zero attached hydrogens (tertiary/aromatic N) is 1. The zero-order valence-corrected chi connectivity index (χ0v) is 21.9. The first-order valence-corrected chi connectivity index (χ1v) is 12.2. The summed E-state index contributed by atoms with van der Waals surface area (Å²) >= 11 is 6.12. The highest BCUT2D eigenvalue weighted by Crippen LogP contribution is 2.37. The van der Waals surface area contributed by atoms with E-state index in [-0.39, 0.29) is 17.2 Å². The van der Waals surface area contributed by atoms with E-state index in [1.165, 1.54) is 25.1 Å². The van der Waals surface area contributed by atoms with Crippen molar-refractivity contribution in [2.24, 2.45) is 0 Å². The molecule has 0 heterocycles. The lowest BCUT2D eigenvalue weighted by Crippen LogP contribution is -2.40. The topological polar surface area (TPSA) is 69.6 Å². The molecule has 2 unspecified atom stereocenters. The number of benzene rings is 3. The molecule has 0 radical (unpaired) electrons. The van der Waals surface area contributed by atoms with Crippen LogP contribution in [0.2, 0.25) is 5.02 Å². The smallest absolute Gasteiger partial charge is 0.417 e. The van der Waals surface area contributed by atoms with Crippen LogP contribution < -0.4 is 5.32 Å². The number of amides is 1. The normalized spacial score (nSPS) is 13.1. The predicted molar refractivity (Wildman–Crippen MR) is 139 cm³/mol. The molecular formula is C28H27ClF4N2O3. The van der Waals surface area contributed by atoms with Crippen molar-refractivity contribution in [3.05, 3.63) is 87.7 Å². The molecule has 0 aromatic heterocycles. The number of halogens is 5. The highest BCUT2D eigenvalue weighted by atomic mass is 35.5. The molecule has 0 aliphatic heterocycles. The Morgan fingerprint density at radius 3 is 2.34 bits per heavy atom. The van der Waals surface area contributed by atoms with Crippen LogP contribution in [0.3, 0.4) is 0 Å². The van der Waals surface area contributed by atoms with E-state index in [0.717, 1.165) is 30.3 Å². The van der Waals surface area contributed by atoms with Gasteiger partial charge in [0, 0.05) is 23.3 Å². The molecule has 0 fully saturated rings. The Balaban J connectivity index is 2.01. The molecule has 0 aliphatic rings. The summed E-state index contributed by atoms with van der Waals surface area (Å²) in [5, 5.41) is 13.1. The fraction of sp³-hybridized carbons (Fsp3) is 0.286. The summed E-state index contributed by atoms with van der Waals surface area (Å²) in [4.78, 5) is 24.7. The molecule has 0 bridgehead atoms. The van der Waals surface area contributed by atoms with Crippen molar-refractivity contribution >= 4 is 29.2 Å². The summed E-state index contributed by atoms with van der Waals surface area (Å²) in [7, 11) is 1.11. The van der Waals surface area contributed by atoms with Crippen LogP contribution in [0.5, 0.6) is 0 Å². The Morgan fingerprint density at radius 2 is 1.76 bits per heavy atom. The SMILES string of the molecule is CCC(Nc1ccc(F)c(-c2ccc(C(=O)N(C)C(C)C(=O)O)c(C(F)(F)F)c2)c1)c1ccc(Cl)c(C)c1. The fourth-order valence-electron chi connectivity index (χ4n) is 4.01. The Morgan fingerprint density at radius 1 is 1.08 bits per heavy atom. The van der Waals surface area contributed by atoms with E-state index < -0.39 is 41.0 Å². The summed E-state index contributed by atoms with van der Waals surface area (Å²) in [5.74, 6) is -3.22. The largest absolute Gasteiger partial charge is 0.480 e. The van der Waals surface area contributed by atoms with Crippen LogP contribution in [-0.2, 0) is 11.0 Å². The van der Waals surface area contributed by atoms with Gasteiger partial charge >= 0.3 is 12.1 Å². The van der Waals surface area contributed by atoms with Gasteiger partial charge in [0.05, 0.1) is 17.2 Å². The lowest BCUT2D eigenvalue weighted by Gasteiger charge is -2.24. The molecule has 3 aromatic rings. The molecule has 3 rings (SSSR count).